The van der Waals surface area contributed by atoms with Crippen LogP contribution in [0, 0.1) is 18.7 Å². The molecule has 2 nitrogen and oxygen atoms in total. The Morgan fingerprint density at radius 3 is 2.41 bits per heavy atom. The second-order valence-corrected chi connectivity index (χ2v) is 4.65. The van der Waals surface area contributed by atoms with E-state index < -0.39 is 0 Å². The van der Waals surface area contributed by atoms with Gasteiger partial charge in [-0.15, -0.1) is 0 Å². The fraction of sp³-hybridized carbons (Fsp3) is 0.429. The molecule has 1 radical (unpaired) electrons. The largest absolute Gasteiger partial charge is 0.343 e. The fourth-order valence-electron chi connectivity index (χ4n) is 2.34. The summed E-state index contributed by atoms with van der Waals surface area (Å²) in [5.41, 5.74) is 1.17. The van der Waals surface area contributed by atoms with Crippen LogP contribution in [0.5, 0.6) is 0 Å². The van der Waals surface area contributed by atoms with E-state index >= 15 is 0 Å². The van der Waals surface area contributed by atoms with Crippen LogP contribution in [0.4, 0.5) is 4.39 Å². The molecule has 1 aromatic carbocycles. The zero-order valence-corrected chi connectivity index (χ0v) is 9.86. The van der Waals surface area contributed by atoms with Crippen molar-refractivity contribution in [3.63, 3.8) is 0 Å². The smallest absolute Gasteiger partial charge is 0.223 e. The monoisotopic (exact) mass is 234 g/mol. The molecule has 1 aliphatic heterocycles. The van der Waals surface area contributed by atoms with Gasteiger partial charge in [-0.25, -0.2) is 4.39 Å². The average molecular weight is 234 g/mol. The molecule has 1 amide bonds. The molecule has 91 valence electrons. The maximum Gasteiger partial charge on any atom is 0.223 e. The molecule has 0 spiro atoms. The van der Waals surface area contributed by atoms with Gasteiger partial charge in [-0.05, 0) is 42.9 Å². The van der Waals surface area contributed by atoms with Crippen LogP contribution in [0.2, 0.25) is 0 Å². The normalized spacial score (nSPS) is 17.2. The van der Waals surface area contributed by atoms with Crippen LogP contribution in [-0.2, 0) is 11.2 Å². The summed E-state index contributed by atoms with van der Waals surface area (Å²) in [6.45, 7) is 5.03. The van der Waals surface area contributed by atoms with E-state index in [0.29, 0.717) is 5.92 Å². The number of hydrogen-bond donors (Lipinski definition) is 0. The second kappa shape index (κ2) is 5.30. The highest BCUT2D eigenvalue weighted by Crippen LogP contribution is 2.21. The number of piperidine rings is 1. The van der Waals surface area contributed by atoms with Crippen molar-refractivity contribution in [1.29, 1.82) is 0 Å². The topological polar surface area (TPSA) is 20.3 Å². The Balaban J connectivity index is 1.85. The summed E-state index contributed by atoms with van der Waals surface area (Å²) in [4.78, 5) is 12.9. The molecule has 0 atom stereocenters. The number of carbonyl (C=O) groups excluding carboxylic acids is 1. The minimum atomic E-state index is -0.189. The highest BCUT2D eigenvalue weighted by atomic mass is 19.1. The molecule has 0 aromatic heterocycles. The number of nitrogens with zero attached hydrogens (tertiary/aromatic N) is 1. The molecule has 1 aliphatic rings. The molecule has 1 aromatic rings. The van der Waals surface area contributed by atoms with Crippen LogP contribution in [0.1, 0.15) is 18.4 Å². The maximum atomic E-state index is 12.8. The van der Waals surface area contributed by atoms with Gasteiger partial charge in [0, 0.05) is 20.0 Å². The number of carbonyl (C=O) groups is 1. The summed E-state index contributed by atoms with van der Waals surface area (Å²) in [6, 6.07) is 6.69. The minimum absolute atomic E-state index is 0.0785. The number of rotatable bonds is 2. The van der Waals surface area contributed by atoms with Crippen molar-refractivity contribution in [1.82, 2.24) is 4.90 Å². The molecule has 1 heterocycles. The molecular formula is C14H17FNO. The highest BCUT2D eigenvalue weighted by molar-refractivity contribution is 5.80. The van der Waals surface area contributed by atoms with Crippen LogP contribution < -0.4 is 0 Å². The second-order valence-electron chi connectivity index (χ2n) is 4.65. The third kappa shape index (κ3) is 3.29. The summed E-state index contributed by atoms with van der Waals surface area (Å²) in [7, 11) is 0. The molecule has 0 aliphatic carbocycles. The summed E-state index contributed by atoms with van der Waals surface area (Å²) in [6.07, 6.45) is 3.00. The first-order valence-corrected chi connectivity index (χ1v) is 6.00. The van der Waals surface area contributed by atoms with Crippen LogP contribution in [0.25, 0.3) is 0 Å². The third-order valence-electron chi connectivity index (χ3n) is 3.40. The highest BCUT2D eigenvalue weighted by Gasteiger charge is 2.20. The first-order valence-electron chi connectivity index (χ1n) is 6.00. The number of hydrogen-bond acceptors (Lipinski definition) is 1. The van der Waals surface area contributed by atoms with Crippen LogP contribution >= 0.6 is 0 Å². The maximum absolute atomic E-state index is 12.8. The van der Waals surface area contributed by atoms with Gasteiger partial charge in [0.05, 0.1) is 0 Å². The molecule has 1 fully saturated rings. The molecule has 1 saturated heterocycles. The van der Waals surface area contributed by atoms with Crippen molar-refractivity contribution >= 4 is 5.91 Å². The van der Waals surface area contributed by atoms with Gasteiger partial charge in [-0.1, -0.05) is 12.1 Å². The molecule has 0 saturated carbocycles. The minimum Gasteiger partial charge on any atom is -0.343 e. The Labute approximate surface area is 101 Å². The van der Waals surface area contributed by atoms with Gasteiger partial charge in [-0.2, -0.15) is 0 Å². The summed E-state index contributed by atoms with van der Waals surface area (Å²) in [5, 5.41) is 0. The Kier molecular flexibility index (Phi) is 3.77. The van der Waals surface area contributed by atoms with E-state index in [1.54, 1.807) is 4.90 Å². The molecule has 2 rings (SSSR count). The number of likely N-dealkylation sites (tertiary alicyclic amines) is 1. The first kappa shape index (κ1) is 12.1. The van der Waals surface area contributed by atoms with Gasteiger partial charge >= 0.3 is 0 Å². The van der Waals surface area contributed by atoms with Crippen molar-refractivity contribution in [2.45, 2.75) is 19.3 Å². The van der Waals surface area contributed by atoms with Gasteiger partial charge in [0.25, 0.3) is 0 Å². The number of halogens is 1. The predicted molar refractivity (Wildman–Crippen MR) is 64.8 cm³/mol. The summed E-state index contributed by atoms with van der Waals surface area (Å²) >= 11 is 0. The van der Waals surface area contributed by atoms with Gasteiger partial charge in [0.2, 0.25) is 5.91 Å². The first-order chi connectivity index (χ1) is 8.15. The van der Waals surface area contributed by atoms with Crippen molar-refractivity contribution in [2.24, 2.45) is 5.92 Å². The van der Waals surface area contributed by atoms with E-state index in [1.165, 1.54) is 17.7 Å². The van der Waals surface area contributed by atoms with E-state index in [9.17, 15) is 9.18 Å². The molecule has 0 N–H and O–H groups in total. The van der Waals surface area contributed by atoms with E-state index in [-0.39, 0.29) is 11.7 Å². The van der Waals surface area contributed by atoms with Crippen molar-refractivity contribution < 1.29 is 9.18 Å². The zero-order valence-electron chi connectivity index (χ0n) is 9.86. The lowest BCUT2D eigenvalue weighted by molar-refractivity contribution is -0.127. The predicted octanol–water partition coefficient (Wildman–Crippen LogP) is 2.44. The fourth-order valence-corrected chi connectivity index (χ4v) is 2.34. The van der Waals surface area contributed by atoms with Gasteiger partial charge in [0.1, 0.15) is 5.82 Å². The number of amides is 1. The zero-order chi connectivity index (χ0) is 12.3. The van der Waals surface area contributed by atoms with Crippen molar-refractivity contribution in [2.75, 3.05) is 13.1 Å². The molecular weight excluding hydrogens is 217 g/mol. The lowest BCUT2D eigenvalue weighted by Crippen LogP contribution is -2.37. The van der Waals surface area contributed by atoms with E-state index in [0.717, 1.165) is 32.4 Å². The third-order valence-corrected chi connectivity index (χ3v) is 3.40. The Hall–Kier alpha value is -1.38. The lowest BCUT2D eigenvalue weighted by atomic mass is 9.90. The van der Waals surface area contributed by atoms with E-state index in [4.69, 9.17) is 0 Å². The van der Waals surface area contributed by atoms with Crippen LogP contribution in [0.15, 0.2) is 24.3 Å². The lowest BCUT2D eigenvalue weighted by Gasteiger charge is -2.31. The molecule has 0 bridgehead atoms. The van der Waals surface area contributed by atoms with Crippen LogP contribution in [0.3, 0.4) is 0 Å². The average Bonchev–Trinajstić information content (AvgIpc) is 2.33. The van der Waals surface area contributed by atoms with Gasteiger partial charge in [0.15, 0.2) is 0 Å². The van der Waals surface area contributed by atoms with Gasteiger partial charge in [-0.3, -0.25) is 4.79 Å². The Bertz CT molecular complexity index is 380. The summed E-state index contributed by atoms with van der Waals surface area (Å²) in [5.74, 6) is 0.326. The Morgan fingerprint density at radius 1 is 1.29 bits per heavy atom. The Morgan fingerprint density at radius 2 is 1.88 bits per heavy atom. The molecule has 0 unspecified atom stereocenters. The summed E-state index contributed by atoms with van der Waals surface area (Å²) < 4.78 is 12.8. The van der Waals surface area contributed by atoms with Crippen LogP contribution in [-0.4, -0.2) is 23.9 Å². The van der Waals surface area contributed by atoms with E-state index in [2.05, 4.69) is 6.92 Å². The molecule has 17 heavy (non-hydrogen) atoms. The van der Waals surface area contributed by atoms with Gasteiger partial charge < -0.3 is 4.90 Å². The molecule has 3 heteroatoms. The SMILES string of the molecule is [CH2]C(=O)N1CCC(Cc2ccc(F)cc2)CC1. The van der Waals surface area contributed by atoms with Crippen molar-refractivity contribution in [3.05, 3.63) is 42.6 Å². The van der Waals surface area contributed by atoms with E-state index in [1.807, 2.05) is 12.1 Å². The quantitative estimate of drug-likeness (QED) is 0.769. The standard InChI is InChI=1S/C14H17FNO/c1-11(17)16-8-6-13(7-9-16)10-12-2-4-14(15)5-3-12/h2-5,13H,1,6-10H2. The van der Waals surface area contributed by atoms with Crippen molar-refractivity contribution in [3.8, 4) is 0 Å². The number of benzene rings is 1.